The van der Waals surface area contributed by atoms with Crippen LogP contribution in [0.2, 0.25) is 10.0 Å². The van der Waals surface area contributed by atoms with E-state index in [-0.39, 0.29) is 0 Å². The molecule has 0 saturated heterocycles. The lowest BCUT2D eigenvalue weighted by molar-refractivity contribution is 0.473. The van der Waals surface area contributed by atoms with E-state index in [1.54, 1.807) is 12.1 Å². The van der Waals surface area contributed by atoms with Gasteiger partial charge in [0.15, 0.2) is 0 Å². The van der Waals surface area contributed by atoms with E-state index in [0.29, 0.717) is 10.0 Å². The van der Waals surface area contributed by atoms with Gasteiger partial charge in [-0.3, -0.25) is 0 Å². The summed E-state index contributed by atoms with van der Waals surface area (Å²) in [5.41, 5.74) is 1.07. The SMILES string of the molecule is CCNCc1ccc(Cl)cc1Oc1ccc(Cl)cc1. The highest BCUT2D eigenvalue weighted by Crippen LogP contribution is 2.29. The van der Waals surface area contributed by atoms with Gasteiger partial charge in [-0.15, -0.1) is 0 Å². The predicted molar refractivity (Wildman–Crippen MR) is 80.4 cm³/mol. The van der Waals surface area contributed by atoms with Crippen molar-refractivity contribution in [1.29, 1.82) is 0 Å². The second-order valence-electron chi connectivity index (χ2n) is 4.09. The summed E-state index contributed by atoms with van der Waals surface area (Å²) in [5, 5.41) is 4.62. The smallest absolute Gasteiger partial charge is 0.133 e. The minimum atomic E-state index is 0.657. The van der Waals surface area contributed by atoms with Crippen LogP contribution < -0.4 is 10.1 Å². The Bertz CT molecular complexity index is 540. The first-order valence-corrected chi connectivity index (χ1v) is 6.87. The van der Waals surface area contributed by atoms with Crippen LogP contribution in [-0.4, -0.2) is 6.54 Å². The van der Waals surface area contributed by atoms with Crippen LogP contribution in [-0.2, 0) is 6.54 Å². The second kappa shape index (κ2) is 6.80. The van der Waals surface area contributed by atoms with Crippen molar-refractivity contribution < 1.29 is 4.74 Å². The predicted octanol–water partition coefficient (Wildman–Crippen LogP) is 4.90. The molecule has 4 heteroatoms. The van der Waals surface area contributed by atoms with Gasteiger partial charge in [-0.1, -0.05) is 36.2 Å². The minimum Gasteiger partial charge on any atom is -0.457 e. The van der Waals surface area contributed by atoms with E-state index < -0.39 is 0 Å². The van der Waals surface area contributed by atoms with Crippen molar-refractivity contribution in [2.24, 2.45) is 0 Å². The Hall–Kier alpha value is -1.22. The molecule has 0 radical (unpaired) electrons. The van der Waals surface area contributed by atoms with Gasteiger partial charge in [-0.2, -0.15) is 0 Å². The van der Waals surface area contributed by atoms with E-state index in [1.165, 1.54) is 0 Å². The summed E-state index contributed by atoms with van der Waals surface area (Å²) in [6, 6.07) is 12.9. The molecule has 0 atom stereocenters. The zero-order chi connectivity index (χ0) is 13.7. The summed E-state index contributed by atoms with van der Waals surface area (Å²) < 4.78 is 5.86. The Labute approximate surface area is 123 Å². The molecule has 1 N–H and O–H groups in total. The largest absolute Gasteiger partial charge is 0.457 e. The molecule has 19 heavy (non-hydrogen) atoms. The van der Waals surface area contributed by atoms with Gasteiger partial charge in [0, 0.05) is 22.2 Å². The van der Waals surface area contributed by atoms with E-state index in [9.17, 15) is 0 Å². The van der Waals surface area contributed by atoms with E-state index in [2.05, 4.69) is 12.2 Å². The molecule has 0 aliphatic rings. The normalized spacial score (nSPS) is 10.5. The molecule has 0 aliphatic heterocycles. The van der Waals surface area contributed by atoms with Gasteiger partial charge in [0.2, 0.25) is 0 Å². The zero-order valence-corrected chi connectivity index (χ0v) is 12.1. The molecule has 2 aromatic carbocycles. The van der Waals surface area contributed by atoms with Crippen LogP contribution in [0.3, 0.4) is 0 Å². The Morgan fingerprint density at radius 3 is 2.37 bits per heavy atom. The van der Waals surface area contributed by atoms with Gasteiger partial charge < -0.3 is 10.1 Å². The second-order valence-corrected chi connectivity index (χ2v) is 4.96. The van der Waals surface area contributed by atoms with E-state index in [0.717, 1.165) is 30.2 Å². The molecule has 100 valence electrons. The van der Waals surface area contributed by atoms with Crippen molar-refractivity contribution in [2.75, 3.05) is 6.54 Å². The number of benzene rings is 2. The molecule has 0 unspecified atom stereocenters. The van der Waals surface area contributed by atoms with Gasteiger partial charge in [-0.25, -0.2) is 0 Å². The van der Waals surface area contributed by atoms with Gasteiger partial charge in [0.05, 0.1) is 0 Å². The Balaban J connectivity index is 2.22. The van der Waals surface area contributed by atoms with Crippen LogP contribution in [0.5, 0.6) is 11.5 Å². The van der Waals surface area contributed by atoms with Crippen molar-refractivity contribution in [3.05, 3.63) is 58.1 Å². The van der Waals surface area contributed by atoms with Crippen LogP contribution in [0.4, 0.5) is 0 Å². The molecule has 0 saturated carbocycles. The molecule has 0 amide bonds. The summed E-state index contributed by atoms with van der Waals surface area (Å²) >= 11 is 11.9. The maximum absolute atomic E-state index is 6.02. The summed E-state index contributed by atoms with van der Waals surface area (Å²) in [6.07, 6.45) is 0. The minimum absolute atomic E-state index is 0.657. The number of hydrogen-bond donors (Lipinski definition) is 1. The van der Waals surface area contributed by atoms with Crippen LogP contribution in [0, 0.1) is 0 Å². The van der Waals surface area contributed by atoms with Crippen LogP contribution in [0.25, 0.3) is 0 Å². The third-order valence-electron chi connectivity index (χ3n) is 2.64. The average molecular weight is 296 g/mol. The van der Waals surface area contributed by atoms with Crippen molar-refractivity contribution in [3.63, 3.8) is 0 Å². The molecule has 0 aromatic heterocycles. The van der Waals surface area contributed by atoms with Crippen molar-refractivity contribution >= 4 is 23.2 Å². The lowest BCUT2D eigenvalue weighted by atomic mass is 10.2. The molecule has 2 rings (SSSR count). The summed E-state index contributed by atoms with van der Waals surface area (Å²) in [5.74, 6) is 1.50. The maximum atomic E-state index is 6.02. The van der Waals surface area contributed by atoms with Gasteiger partial charge in [0.1, 0.15) is 11.5 Å². The first kappa shape index (κ1) is 14.2. The number of hydrogen-bond acceptors (Lipinski definition) is 2. The fourth-order valence-corrected chi connectivity index (χ4v) is 1.95. The number of ether oxygens (including phenoxy) is 1. The Kier molecular flexibility index (Phi) is 5.08. The fourth-order valence-electron chi connectivity index (χ4n) is 1.66. The lowest BCUT2D eigenvalue weighted by Crippen LogP contribution is -2.12. The van der Waals surface area contributed by atoms with Crippen LogP contribution in [0.1, 0.15) is 12.5 Å². The van der Waals surface area contributed by atoms with E-state index in [4.69, 9.17) is 27.9 Å². The van der Waals surface area contributed by atoms with E-state index in [1.807, 2.05) is 30.3 Å². The van der Waals surface area contributed by atoms with Crippen molar-refractivity contribution in [2.45, 2.75) is 13.5 Å². The van der Waals surface area contributed by atoms with E-state index >= 15 is 0 Å². The number of nitrogens with one attached hydrogen (secondary N) is 1. The highest BCUT2D eigenvalue weighted by molar-refractivity contribution is 6.31. The Morgan fingerprint density at radius 1 is 1.00 bits per heavy atom. The summed E-state index contributed by atoms with van der Waals surface area (Å²) in [6.45, 7) is 3.72. The molecular formula is C15H15Cl2NO. The number of halogens is 2. The first-order chi connectivity index (χ1) is 9.19. The number of rotatable bonds is 5. The fraction of sp³-hybridized carbons (Fsp3) is 0.200. The summed E-state index contributed by atoms with van der Waals surface area (Å²) in [4.78, 5) is 0. The van der Waals surface area contributed by atoms with Crippen molar-refractivity contribution in [1.82, 2.24) is 5.32 Å². The Morgan fingerprint density at radius 2 is 1.68 bits per heavy atom. The highest BCUT2D eigenvalue weighted by atomic mass is 35.5. The van der Waals surface area contributed by atoms with Crippen molar-refractivity contribution in [3.8, 4) is 11.5 Å². The van der Waals surface area contributed by atoms with Gasteiger partial charge in [0.25, 0.3) is 0 Å². The highest BCUT2D eigenvalue weighted by Gasteiger charge is 2.06. The quantitative estimate of drug-likeness (QED) is 0.847. The molecule has 0 fully saturated rings. The van der Waals surface area contributed by atoms with Crippen LogP contribution >= 0.6 is 23.2 Å². The molecule has 0 bridgehead atoms. The van der Waals surface area contributed by atoms with Crippen LogP contribution in [0.15, 0.2) is 42.5 Å². The van der Waals surface area contributed by atoms with Gasteiger partial charge in [-0.05, 0) is 42.9 Å². The molecule has 0 spiro atoms. The third-order valence-corrected chi connectivity index (χ3v) is 3.12. The standard InChI is InChI=1S/C15H15Cl2NO/c1-2-18-10-11-3-4-13(17)9-15(11)19-14-7-5-12(16)6-8-14/h3-9,18H,2,10H2,1H3. The monoisotopic (exact) mass is 295 g/mol. The maximum Gasteiger partial charge on any atom is 0.133 e. The molecular weight excluding hydrogens is 281 g/mol. The lowest BCUT2D eigenvalue weighted by Gasteiger charge is -2.12. The first-order valence-electron chi connectivity index (χ1n) is 6.11. The van der Waals surface area contributed by atoms with Gasteiger partial charge >= 0.3 is 0 Å². The third kappa shape index (κ3) is 4.13. The molecule has 2 aromatic rings. The molecule has 0 aliphatic carbocycles. The molecule has 2 nitrogen and oxygen atoms in total. The summed E-state index contributed by atoms with van der Waals surface area (Å²) in [7, 11) is 0. The zero-order valence-electron chi connectivity index (χ0n) is 10.6. The molecule has 0 heterocycles. The topological polar surface area (TPSA) is 21.3 Å². The average Bonchev–Trinajstić information content (AvgIpc) is 2.40.